The van der Waals surface area contributed by atoms with Crippen LogP contribution in [0.25, 0.3) is 0 Å². The van der Waals surface area contributed by atoms with Crippen LogP contribution in [0.2, 0.25) is 0 Å². The molecular formula is C9H13NO5. The maximum Gasteiger partial charge on any atom is 0.332 e. The Bertz CT molecular complexity index is 276. The van der Waals surface area contributed by atoms with Gasteiger partial charge in [-0.15, -0.1) is 0 Å². The van der Waals surface area contributed by atoms with E-state index in [1.54, 1.807) is 0 Å². The lowest BCUT2D eigenvalue weighted by Crippen LogP contribution is -2.51. The zero-order valence-corrected chi connectivity index (χ0v) is 8.14. The summed E-state index contributed by atoms with van der Waals surface area (Å²) < 4.78 is 10.0. The summed E-state index contributed by atoms with van der Waals surface area (Å²) in [4.78, 5) is 22.1. The third-order valence-electron chi connectivity index (χ3n) is 2.57. The first-order valence-corrected chi connectivity index (χ1v) is 4.93. The molecule has 15 heavy (non-hydrogen) atoms. The van der Waals surface area contributed by atoms with Crippen LogP contribution in [0.15, 0.2) is 0 Å². The van der Waals surface area contributed by atoms with Crippen LogP contribution in [-0.4, -0.2) is 48.4 Å². The van der Waals surface area contributed by atoms with Crippen LogP contribution < -0.4 is 5.32 Å². The lowest BCUT2D eigenvalue weighted by atomic mass is 10.1. The Morgan fingerprint density at radius 3 is 2.33 bits per heavy atom. The molecule has 0 spiro atoms. The van der Waals surface area contributed by atoms with E-state index in [2.05, 4.69) is 5.32 Å². The van der Waals surface area contributed by atoms with Crippen molar-refractivity contribution >= 4 is 11.9 Å². The standard InChI is InChI=1S/C9H13NO5/c11-8(10-5-3-14-4-5)6-1-2-7(15-6)9(12)13/h5-7H,1-4H2,(H,10,11)(H,12,13)/t6-,7+/m0/s1. The Hall–Kier alpha value is -1.14. The molecule has 2 aliphatic rings. The number of ether oxygens (including phenoxy) is 2. The molecular weight excluding hydrogens is 202 g/mol. The van der Waals surface area contributed by atoms with Crippen molar-refractivity contribution in [3.8, 4) is 0 Å². The van der Waals surface area contributed by atoms with Gasteiger partial charge < -0.3 is 19.9 Å². The number of carbonyl (C=O) groups is 2. The van der Waals surface area contributed by atoms with E-state index in [0.29, 0.717) is 26.1 Å². The highest BCUT2D eigenvalue weighted by Gasteiger charge is 2.36. The minimum Gasteiger partial charge on any atom is -0.479 e. The van der Waals surface area contributed by atoms with Gasteiger partial charge >= 0.3 is 5.97 Å². The van der Waals surface area contributed by atoms with E-state index in [4.69, 9.17) is 14.6 Å². The number of hydrogen-bond donors (Lipinski definition) is 2. The Morgan fingerprint density at radius 1 is 1.20 bits per heavy atom. The smallest absolute Gasteiger partial charge is 0.332 e. The number of rotatable bonds is 3. The van der Waals surface area contributed by atoms with Crippen LogP contribution >= 0.6 is 0 Å². The normalized spacial score (nSPS) is 30.9. The second kappa shape index (κ2) is 4.16. The van der Waals surface area contributed by atoms with Crippen molar-refractivity contribution in [2.45, 2.75) is 31.1 Å². The van der Waals surface area contributed by atoms with Gasteiger partial charge in [-0.25, -0.2) is 4.79 Å². The quantitative estimate of drug-likeness (QED) is 0.639. The summed E-state index contributed by atoms with van der Waals surface area (Å²) >= 11 is 0. The minimum atomic E-state index is -1.00. The molecule has 0 aromatic rings. The second-order valence-corrected chi connectivity index (χ2v) is 3.77. The predicted octanol–water partition coefficient (Wildman–Crippen LogP) is -0.866. The number of carbonyl (C=O) groups excluding carboxylic acids is 1. The molecule has 84 valence electrons. The molecule has 0 saturated carbocycles. The molecule has 2 N–H and O–H groups in total. The molecule has 6 nitrogen and oxygen atoms in total. The van der Waals surface area contributed by atoms with Crippen molar-refractivity contribution in [3.05, 3.63) is 0 Å². The van der Waals surface area contributed by atoms with Gasteiger partial charge in [0.1, 0.15) is 6.10 Å². The summed E-state index contributed by atoms with van der Waals surface area (Å²) in [7, 11) is 0. The molecule has 2 saturated heterocycles. The summed E-state index contributed by atoms with van der Waals surface area (Å²) in [6, 6.07) is 0.0602. The molecule has 1 amide bonds. The van der Waals surface area contributed by atoms with Crippen molar-refractivity contribution in [2.75, 3.05) is 13.2 Å². The summed E-state index contributed by atoms with van der Waals surface area (Å²) in [5.74, 6) is -1.23. The first-order valence-electron chi connectivity index (χ1n) is 4.93. The molecule has 0 radical (unpaired) electrons. The SMILES string of the molecule is O=C(NC1COC1)[C@@H]1CC[C@H](C(=O)O)O1. The van der Waals surface area contributed by atoms with E-state index in [9.17, 15) is 9.59 Å². The maximum absolute atomic E-state index is 11.5. The van der Waals surface area contributed by atoms with Crippen molar-refractivity contribution in [3.63, 3.8) is 0 Å². The minimum absolute atomic E-state index is 0.0602. The van der Waals surface area contributed by atoms with Crippen LogP contribution in [0.1, 0.15) is 12.8 Å². The molecule has 0 bridgehead atoms. The van der Waals surface area contributed by atoms with Gasteiger partial charge in [0, 0.05) is 0 Å². The number of hydrogen-bond acceptors (Lipinski definition) is 4. The van der Waals surface area contributed by atoms with Gasteiger partial charge in [-0.3, -0.25) is 4.79 Å². The fourth-order valence-corrected chi connectivity index (χ4v) is 1.62. The third kappa shape index (κ3) is 2.27. The maximum atomic E-state index is 11.5. The lowest BCUT2D eigenvalue weighted by molar-refractivity contribution is -0.152. The van der Waals surface area contributed by atoms with E-state index in [0.717, 1.165) is 0 Å². The monoisotopic (exact) mass is 215 g/mol. The van der Waals surface area contributed by atoms with E-state index in [1.165, 1.54) is 0 Å². The van der Waals surface area contributed by atoms with Gasteiger partial charge in [-0.05, 0) is 12.8 Å². The average Bonchev–Trinajstić information content (AvgIpc) is 2.59. The first-order chi connectivity index (χ1) is 7.16. The summed E-state index contributed by atoms with van der Waals surface area (Å²) in [6.45, 7) is 1.06. The number of carboxylic acid groups (broad SMARTS) is 1. The fraction of sp³-hybridized carbons (Fsp3) is 0.778. The van der Waals surface area contributed by atoms with Crippen LogP contribution in [0.3, 0.4) is 0 Å². The molecule has 0 aliphatic carbocycles. The van der Waals surface area contributed by atoms with Crippen LogP contribution in [0.4, 0.5) is 0 Å². The zero-order chi connectivity index (χ0) is 10.8. The van der Waals surface area contributed by atoms with Gasteiger partial charge in [-0.1, -0.05) is 0 Å². The van der Waals surface area contributed by atoms with E-state index in [-0.39, 0.29) is 11.9 Å². The van der Waals surface area contributed by atoms with Crippen LogP contribution in [-0.2, 0) is 19.1 Å². The molecule has 2 heterocycles. The molecule has 2 fully saturated rings. The summed E-state index contributed by atoms with van der Waals surface area (Å²) in [5, 5.41) is 11.4. The third-order valence-corrected chi connectivity index (χ3v) is 2.57. The van der Waals surface area contributed by atoms with Crippen molar-refractivity contribution in [1.29, 1.82) is 0 Å². The van der Waals surface area contributed by atoms with Crippen molar-refractivity contribution in [1.82, 2.24) is 5.32 Å². The molecule has 2 atom stereocenters. The highest BCUT2D eigenvalue weighted by atomic mass is 16.5. The average molecular weight is 215 g/mol. The summed E-state index contributed by atoms with van der Waals surface area (Å²) in [6.07, 6.45) is -0.588. The van der Waals surface area contributed by atoms with Crippen LogP contribution in [0.5, 0.6) is 0 Å². The fourth-order valence-electron chi connectivity index (χ4n) is 1.62. The topological polar surface area (TPSA) is 84.9 Å². The Balaban J connectivity index is 1.79. The largest absolute Gasteiger partial charge is 0.479 e. The molecule has 6 heteroatoms. The molecule has 2 aliphatic heterocycles. The van der Waals surface area contributed by atoms with Gasteiger partial charge in [0.15, 0.2) is 6.10 Å². The van der Waals surface area contributed by atoms with Crippen molar-refractivity contribution < 1.29 is 24.2 Å². The molecule has 0 unspecified atom stereocenters. The Labute approximate surface area is 86.5 Å². The Kier molecular flexibility index (Phi) is 2.88. The second-order valence-electron chi connectivity index (χ2n) is 3.77. The number of aliphatic carboxylic acids is 1. The number of carboxylic acids is 1. The zero-order valence-electron chi connectivity index (χ0n) is 8.14. The van der Waals surface area contributed by atoms with Gasteiger partial charge in [0.25, 0.3) is 0 Å². The predicted molar refractivity (Wildman–Crippen MR) is 48.3 cm³/mol. The Morgan fingerprint density at radius 2 is 1.87 bits per heavy atom. The van der Waals surface area contributed by atoms with Gasteiger partial charge in [0.05, 0.1) is 19.3 Å². The number of amides is 1. The lowest BCUT2D eigenvalue weighted by Gasteiger charge is -2.27. The number of nitrogens with one attached hydrogen (secondary N) is 1. The van der Waals surface area contributed by atoms with E-state index >= 15 is 0 Å². The molecule has 2 rings (SSSR count). The van der Waals surface area contributed by atoms with E-state index in [1.807, 2.05) is 0 Å². The highest BCUT2D eigenvalue weighted by Crippen LogP contribution is 2.20. The van der Waals surface area contributed by atoms with E-state index < -0.39 is 18.2 Å². The van der Waals surface area contributed by atoms with Gasteiger partial charge in [0.2, 0.25) is 5.91 Å². The molecule has 0 aromatic carbocycles. The molecule has 0 aromatic heterocycles. The van der Waals surface area contributed by atoms with Gasteiger partial charge in [-0.2, -0.15) is 0 Å². The summed E-state index contributed by atoms with van der Waals surface area (Å²) in [5.41, 5.74) is 0. The van der Waals surface area contributed by atoms with Crippen molar-refractivity contribution in [2.24, 2.45) is 0 Å². The van der Waals surface area contributed by atoms with Crippen LogP contribution in [0, 0.1) is 0 Å². The highest BCUT2D eigenvalue weighted by molar-refractivity contribution is 5.82. The first kappa shape index (κ1) is 10.4.